The second-order valence-electron chi connectivity index (χ2n) is 9.76. The predicted molar refractivity (Wildman–Crippen MR) is 129 cm³/mol. The number of nitrogen functional groups attached to an aromatic ring is 2. The van der Waals surface area contributed by atoms with Crippen LogP contribution in [0.4, 0.5) is 11.6 Å². The molecule has 8 N–H and O–H groups in total. The van der Waals surface area contributed by atoms with Gasteiger partial charge in [0.2, 0.25) is 0 Å². The minimum atomic E-state index is -0.851. The van der Waals surface area contributed by atoms with Crippen molar-refractivity contribution in [1.29, 1.82) is 0 Å². The molecule has 11 nitrogen and oxygen atoms in total. The minimum absolute atomic E-state index is 0.00711. The number of carbonyl (C=O) groups excluding carboxylic acids is 1. The first-order valence-electron chi connectivity index (χ1n) is 11.0. The van der Waals surface area contributed by atoms with Gasteiger partial charge in [-0.2, -0.15) is 0 Å². The Bertz CT molecular complexity index is 853. The molecule has 33 heavy (non-hydrogen) atoms. The van der Waals surface area contributed by atoms with Gasteiger partial charge in [0.25, 0.3) is 5.91 Å². The number of carbonyl (C=O) groups is 2. The molecule has 1 rings (SSSR count). The van der Waals surface area contributed by atoms with Gasteiger partial charge in [0.05, 0.1) is 18.7 Å². The minimum Gasteiger partial charge on any atom is -0.481 e. The first kappa shape index (κ1) is 28.1. The average molecular weight is 466 g/mol. The van der Waals surface area contributed by atoms with Crippen molar-refractivity contribution < 1.29 is 19.4 Å². The molecule has 0 radical (unpaired) electrons. The number of nitrogens with one attached hydrogen (secondary N) is 1. The number of carboxylic acid groups (broad SMARTS) is 1. The molecule has 1 amide bonds. The molecule has 0 bridgehead atoms. The summed E-state index contributed by atoms with van der Waals surface area (Å²) in [6.07, 6.45) is 3.58. The van der Waals surface area contributed by atoms with Crippen LogP contribution in [0.2, 0.25) is 0 Å². The fraction of sp³-hybridized carbons (Fsp3) is 0.682. The predicted octanol–water partition coefficient (Wildman–Crippen LogP) is 2.10. The van der Waals surface area contributed by atoms with Gasteiger partial charge in [-0.3, -0.25) is 19.9 Å². The highest BCUT2D eigenvalue weighted by Gasteiger charge is 2.28. The second-order valence-corrected chi connectivity index (χ2v) is 9.76. The summed E-state index contributed by atoms with van der Waals surface area (Å²) in [4.78, 5) is 35.0. The van der Waals surface area contributed by atoms with Crippen molar-refractivity contribution >= 4 is 29.5 Å². The molecular formula is C22H39N7O4. The van der Waals surface area contributed by atoms with Crippen LogP contribution in [0, 0.1) is 17.8 Å². The molecule has 0 unspecified atom stereocenters. The number of hydrogen-bond donors (Lipinski definition) is 5. The SMILES string of the molecule is Cc1nc(C(=O)NC(N)=NCCCC(C)(C)CC(C)(C)CCOCCC(=O)O)c(N)nc1N. The highest BCUT2D eigenvalue weighted by atomic mass is 16.5. The smallest absolute Gasteiger partial charge is 0.305 e. The van der Waals surface area contributed by atoms with E-state index in [9.17, 15) is 9.59 Å². The van der Waals surface area contributed by atoms with Gasteiger partial charge in [0.1, 0.15) is 5.82 Å². The van der Waals surface area contributed by atoms with E-state index in [1.165, 1.54) is 0 Å². The van der Waals surface area contributed by atoms with Gasteiger partial charge in [0, 0.05) is 13.2 Å². The van der Waals surface area contributed by atoms with Gasteiger partial charge in [-0.25, -0.2) is 9.97 Å². The number of nitrogens with zero attached hydrogens (tertiary/aromatic N) is 3. The van der Waals surface area contributed by atoms with Gasteiger partial charge in [-0.05, 0) is 43.4 Å². The van der Waals surface area contributed by atoms with E-state index in [2.05, 4.69) is 48.0 Å². The number of ether oxygens (including phenoxy) is 1. The topological polar surface area (TPSA) is 192 Å². The fourth-order valence-electron chi connectivity index (χ4n) is 3.77. The van der Waals surface area contributed by atoms with Crippen molar-refractivity contribution in [3.05, 3.63) is 11.4 Å². The quantitative estimate of drug-likeness (QED) is 0.165. The van der Waals surface area contributed by atoms with Crippen molar-refractivity contribution in [2.24, 2.45) is 21.6 Å². The van der Waals surface area contributed by atoms with Gasteiger partial charge >= 0.3 is 5.97 Å². The van der Waals surface area contributed by atoms with E-state index in [-0.39, 0.29) is 47.1 Å². The molecule has 1 aromatic heterocycles. The third-order valence-corrected chi connectivity index (χ3v) is 5.22. The van der Waals surface area contributed by atoms with Crippen LogP contribution < -0.4 is 22.5 Å². The summed E-state index contributed by atoms with van der Waals surface area (Å²) in [5, 5.41) is 11.1. The molecule has 0 saturated carbocycles. The Morgan fingerprint density at radius 3 is 2.33 bits per heavy atom. The van der Waals surface area contributed by atoms with Crippen molar-refractivity contribution in [1.82, 2.24) is 15.3 Å². The highest BCUT2D eigenvalue weighted by molar-refractivity contribution is 6.06. The molecular weight excluding hydrogens is 426 g/mol. The van der Waals surface area contributed by atoms with Crippen molar-refractivity contribution in [2.45, 2.75) is 66.7 Å². The molecule has 11 heteroatoms. The van der Waals surface area contributed by atoms with Crippen LogP contribution in [0.25, 0.3) is 0 Å². The Labute approximate surface area is 195 Å². The number of anilines is 2. The maximum absolute atomic E-state index is 12.3. The Morgan fingerprint density at radius 1 is 1.06 bits per heavy atom. The number of aliphatic carboxylic acids is 1. The number of aliphatic imine (C=N–C) groups is 1. The summed E-state index contributed by atoms with van der Waals surface area (Å²) in [5.41, 5.74) is 17.7. The number of amides is 1. The van der Waals surface area contributed by atoms with Crippen LogP contribution in [0.15, 0.2) is 4.99 Å². The number of aryl methyl sites for hydroxylation is 1. The number of carboxylic acids is 1. The van der Waals surface area contributed by atoms with E-state index in [0.29, 0.717) is 18.8 Å². The molecule has 0 spiro atoms. The summed E-state index contributed by atoms with van der Waals surface area (Å²) in [7, 11) is 0. The third-order valence-electron chi connectivity index (χ3n) is 5.22. The van der Waals surface area contributed by atoms with Gasteiger partial charge in [-0.15, -0.1) is 0 Å². The lowest BCUT2D eigenvalue weighted by Crippen LogP contribution is -2.38. The van der Waals surface area contributed by atoms with Gasteiger partial charge in [-0.1, -0.05) is 27.7 Å². The lowest BCUT2D eigenvalue weighted by atomic mass is 9.71. The largest absolute Gasteiger partial charge is 0.481 e. The molecule has 0 aliphatic carbocycles. The van der Waals surface area contributed by atoms with Crippen LogP contribution in [0.1, 0.15) is 76.0 Å². The lowest BCUT2D eigenvalue weighted by Gasteiger charge is -2.35. The first-order chi connectivity index (χ1) is 15.2. The summed E-state index contributed by atoms with van der Waals surface area (Å²) < 4.78 is 5.43. The Kier molecular flexibility index (Phi) is 10.5. The molecule has 0 saturated heterocycles. The molecule has 0 atom stereocenters. The number of rotatable bonds is 13. The Morgan fingerprint density at radius 2 is 1.70 bits per heavy atom. The Balaban J connectivity index is 2.45. The second kappa shape index (κ2) is 12.3. The number of nitrogens with two attached hydrogens (primary N) is 3. The summed E-state index contributed by atoms with van der Waals surface area (Å²) in [6.45, 7) is 11.7. The summed E-state index contributed by atoms with van der Waals surface area (Å²) in [6, 6.07) is 0. The molecule has 186 valence electrons. The summed E-state index contributed by atoms with van der Waals surface area (Å²) in [5.74, 6) is -1.34. The standard InChI is InChI=1S/C22H39N7O4/c1-14-17(23)28-18(24)16(27-14)19(32)29-20(25)26-10-6-8-21(2,3)13-22(4,5)9-12-33-11-7-15(30)31/h6-13H2,1-5H3,(H,30,31)(H4,23,24,28)(H3,25,26,29,32). The first-order valence-corrected chi connectivity index (χ1v) is 11.0. The maximum Gasteiger partial charge on any atom is 0.305 e. The fourth-order valence-corrected chi connectivity index (χ4v) is 3.77. The van der Waals surface area contributed by atoms with E-state index in [4.69, 9.17) is 27.0 Å². The average Bonchev–Trinajstić information content (AvgIpc) is 2.66. The van der Waals surface area contributed by atoms with Crippen molar-refractivity contribution in [2.75, 3.05) is 31.2 Å². The van der Waals surface area contributed by atoms with Gasteiger partial charge < -0.3 is 27.0 Å². The zero-order valence-corrected chi connectivity index (χ0v) is 20.4. The van der Waals surface area contributed by atoms with E-state index in [1.54, 1.807) is 6.92 Å². The van der Waals surface area contributed by atoms with E-state index in [0.717, 1.165) is 25.7 Å². The zero-order chi connectivity index (χ0) is 25.2. The number of guanidine groups is 1. The normalized spacial score (nSPS) is 12.6. The number of aromatic nitrogens is 2. The molecule has 0 fully saturated rings. The molecule has 0 aromatic carbocycles. The maximum atomic E-state index is 12.3. The van der Waals surface area contributed by atoms with Gasteiger partial charge in [0.15, 0.2) is 17.5 Å². The number of hydrogen-bond acceptors (Lipinski definition) is 8. The third kappa shape index (κ3) is 11.0. The van der Waals surface area contributed by atoms with Crippen molar-refractivity contribution in [3.63, 3.8) is 0 Å². The van der Waals surface area contributed by atoms with Crippen LogP contribution >= 0.6 is 0 Å². The van der Waals surface area contributed by atoms with Crippen LogP contribution in [-0.4, -0.2) is 52.7 Å². The summed E-state index contributed by atoms with van der Waals surface area (Å²) >= 11 is 0. The monoisotopic (exact) mass is 465 g/mol. The van der Waals surface area contributed by atoms with Crippen LogP contribution in [-0.2, 0) is 9.53 Å². The van der Waals surface area contributed by atoms with Crippen LogP contribution in [0.3, 0.4) is 0 Å². The molecule has 1 aromatic rings. The Hall–Kier alpha value is -2.95. The van der Waals surface area contributed by atoms with Crippen molar-refractivity contribution in [3.8, 4) is 0 Å². The van der Waals surface area contributed by atoms with E-state index >= 15 is 0 Å². The highest BCUT2D eigenvalue weighted by Crippen LogP contribution is 2.39. The van der Waals surface area contributed by atoms with Crippen LogP contribution in [0.5, 0.6) is 0 Å². The lowest BCUT2D eigenvalue weighted by molar-refractivity contribution is -0.138. The molecule has 1 heterocycles. The zero-order valence-electron chi connectivity index (χ0n) is 20.4. The van der Waals surface area contributed by atoms with E-state index in [1.807, 2.05) is 0 Å². The van der Waals surface area contributed by atoms with E-state index < -0.39 is 11.9 Å². The molecule has 0 aliphatic rings. The molecule has 0 aliphatic heterocycles.